The normalized spacial score (nSPS) is 15.5. The second-order valence-corrected chi connectivity index (χ2v) is 5.48. The van der Waals surface area contributed by atoms with Crippen molar-refractivity contribution in [1.29, 1.82) is 0 Å². The third kappa shape index (κ3) is 2.96. The number of ether oxygens (including phenoxy) is 1. The number of hydrogen-bond donors (Lipinski definition) is 1. The van der Waals surface area contributed by atoms with Gasteiger partial charge in [0, 0.05) is 23.4 Å². The number of nitro benzene ring substituents is 1. The second-order valence-electron chi connectivity index (χ2n) is 5.48. The molecule has 24 heavy (non-hydrogen) atoms. The fourth-order valence-corrected chi connectivity index (χ4v) is 2.49. The number of benzene rings is 2. The standard InChI is InChI=1S/C17H14N2O5/c1-10-14-8-11(2-7-15(14)18-17(10)21)16(20)9-24-13-5-3-12(4-6-13)19(22)23/h2-8,10H,9H2,1H3,(H,18,21)/t10-/m1/s1. The summed E-state index contributed by atoms with van der Waals surface area (Å²) in [4.78, 5) is 34.0. The van der Waals surface area contributed by atoms with E-state index in [4.69, 9.17) is 4.74 Å². The zero-order chi connectivity index (χ0) is 17.3. The molecular weight excluding hydrogens is 312 g/mol. The van der Waals surface area contributed by atoms with Crippen LogP contribution in [0.25, 0.3) is 0 Å². The molecule has 1 aliphatic rings. The SMILES string of the molecule is C[C@H]1C(=O)Nc2ccc(C(=O)COc3ccc([N+](=O)[O-])cc3)cc21. The Balaban J connectivity index is 1.68. The van der Waals surface area contributed by atoms with E-state index < -0.39 is 4.92 Å². The van der Waals surface area contributed by atoms with E-state index in [1.165, 1.54) is 24.3 Å². The Morgan fingerprint density at radius 2 is 1.96 bits per heavy atom. The molecule has 0 radical (unpaired) electrons. The molecule has 0 aromatic heterocycles. The van der Waals surface area contributed by atoms with Crippen LogP contribution >= 0.6 is 0 Å². The Bertz CT molecular complexity index is 829. The lowest BCUT2D eigenvalue weighted by atomic mass is 9.99. The fourth-order valence-electron chi connectivity index (χ4n) is 2.49. The second kappa shape index (κ2) is 6.11. The van der Waals surface area contributed by atoms with Gasteiger partial charge < -0.3 is 10.1 Å². The first-order valence-electron chi connectivity index (χ1n) is 7.31. The molecule has 7 heteroatoms. The summed E-state index contributed by atoms with van der Waals surface area (Å²) in [5.41, 5.74) is 1.93. The predicted octanol–water partition coefficient (Wildman–Crippen LogP) is 2.91. The summed E-state index contributed by atoms with van der Waals surface area (Å²) in [6.45, 7) is 1.59. The van der Waals surface area contributed by atoms with Crippen molar-refractivity contribution in [1.82, 2.24) is 0 Å². The van der Waals surface area contributed by atoms with E-state index in [0.29, 0.717) is 11.3 Å². The first-order chi connectivity index (χ1) is 11.5. The van der Waals surface area contributed by atoms with E-state index in [-0.39, 0.29) is 29.9 Å². The lowest BCUT2D eigenvalue weighted by Gasteiger charge is -2.07. The minimum atomic E-state index is -0.504. The number of rotatable bonds is 5. The van der Waals surface area contributed by atoms with Crippen LogP contribution in [0, 0.1) is 10.1 Å². The summed E-state index contributed by atoms with van der Waals surface area (Å²) in [7, 11) is 0. The van der Waals surface area contributed by atoms with Crippen molar-refractivity contribution < 1.29 is 19.2 Å². The highest BCUT2D eigenvalue weighted by Gasteiger charge is 2.27. The lowest BCUT2D eigenvalue weighted by molar-refractivity contribution is -0.384. The van der Waals surface area contributed by atoms with E-state index in [0.717, 1.165) is 11.3 Å². The number of nitrogens with one attached hydrogen (secondary N) is 1. The van der Waals surface area contributed by atoms with Crippen LogP contribution in [0.15, 0.2) is 42.5 Å². The number of Topliss-reactive ketones (excluding diaryl/α,β-unsaturated/α-hetero) is 1. The van der Waals surface area contributed by atoms with Gasteiger partial charge in [-0.1, -0.05) is 0 Å². The lowest BCUT2D eigenvalue weighted by Crippen LogP contribution is -2.12. The van der Waals surface area contributed by atoms with E-state index in [1.807, 2.05) is 0 Å². The van der Waals surface area contributed by atoms with Gasteiger partial charge in [-0.25, -0.2) is 0 Å². The number of nitrogens with zero attached hydrogens (tertiary/aromatic N) is 1. The number of non-ortho nitro benzene ring substituents is 1. The number of nitro groups is 1. The molecular formula is C17H14N2O5. The highest BCUT2D eigenvalue weighted by atomic mass is 16.6. The van der Waals surface area contributed by atoms with Crippen LogP contribution in [0.2, 0.25) is 0 Å². The highest BCUT2D eigenvalue weighted by molar-refractivity contribution is 6.04. The van der Waals surface area contributed by atoms with Crippen LogP contribution in [-0.2, 0) is 4.79 Å². The van der Waals surface area contributed by atoms with Crippen molar-refractivity contribution in [3.05, 3.63) is 63.7 Å². The van der Waals surface area contributed by atoms with Crippen LogP contribution in [0.5, 0.6) is 5.75 Å². The van der Waals surface area contributed by atoms with Crippen LogP contribution in [-0.4, -0.2) is 23.2 Å². The van der Waals surface area contributed by atoms with Gasteiger partial charge in [0.2, 0.25) is 5.91 Å². The van der Waals surface area contributed by atoms with Gasteiger partial charge in [0.1, 0.15) is 5.75 Å². The largest absolute Gasteiger partial charge is 0.485 e. The zero-order valence-electron chi connectivity index (χ0n) is 12.8. The summed E-state index contributed by atoms with van der Waals surface area (Å²) >= 11 is 0. The van der Waals surface area contributed by atoms with E-state index >= 15 is 0 Å². The zero-order valence-corrected chi connectivity index (χ0v) is 12.8. The van der Waals surface area contributed by atoms with Gasteiger partial charge in [0.05, 0.1) is 10.8 Å². The molecule has 0 saturated heterocycles. The Kier molecular flexibility index (Phi) is 3.99. The third-order valence-electron chi connectivity index (χ3n) is 3.91. The number of amides is 1. The van der Waals surface area contributed by atoms with Crippen LogP contribution in [0.3, 0.4) is 0 Å². The topological polar surface area (TPSA) is 98.5 Å². The Morgan fingerprint density at radius 1 is 1.25 bits per heavy atom. The molecule has 122 valence electrons. The summed E-state index contributed by atoms with van der Waals surface area (Å²) < 4.78 is 5.37. The van der Waals surface area contributed by atoms with Gasteiger partial charge in [0.15, 0.2) is 12.4 Å². The molecule has 2 aromatic rings. The number of ketones is 1. The minimum absolute atomic E-state index is 0.0431. The van der Waals surface area contributed by atoms with Gasteiger partial charge in [-0.2, -0.15) is 0 Å². The Morgan fingerprint density at radius 3 is 2.62 bits per heavy atom. The van der Waals surface area contributed by atoms with Crippen molar-refractivity contribution in [3.63, 3.8) is 0 Å². The van der Waals surface area contributed by atoms with Crippen molar-refractivity contribution in [2.45, 2.75) is 12.8 Å². The van der Waals surface area contributed by atoms with Gasteiger partial charge in [0.25, 0.3) is 5.69 Å². The number of carbonyl (C=O) groups excluding carboxylic acids is 2. The highest BCUT2D eigenvalue weighted by Crippen LogP contribution is 2.32. The molecule has 1 aliphatic heterocycles. The van der Waals surface area contributed by atoms with Crippen molar-refractivity contribution >= 4 is 23.1 Å². The number of carbonyl (C=O) groups is 2. The number of fused-ring (bicyclic) bond motifs is 1. The maximum atomic E-state index is 12.2. The molecule has 0 bridgehead atoms. The van der Waals surface area contributed by atoms with Gasteiger partial charge in [-0.05, 0) is 42.8 Å². The quantitative estimate of drug-likeness (QED) is 0.517. The summed E-state index contributed by atoms with van der Waals surface area (Å²) in [6, 6.07) is 10.5. The Labute approximate surface area is 137 Å². The molecule has 7 nitrogen and oxygen atoms in total. The van der Waals surface area contributed by atoms with Crippen molar-refractivity contribution in [3.8, 4) is 5.75 Å². The molecule has 0 saturated carbocycles. The molecule has 1 atom stereocenters. The first kappa shape index (κ1) is 15.7. The maximum absolute atomic E-state index is 12.2. The maximum Gasteiger partial charge on any atom is 0.269 e. The molecule has 0 unspecified atom stereocenters. The molecule has 0 spiro atoms. The number of hydrogen-bond acceptors (Lipinski definition) is 5. The molecule has 1 N–H and O–H groups in total. The average molecular weight is 326 g/mol. The minimum Gasteiger partial charge on any atom is -0.485 e. The predicted molar refractivity (Wildman–Crippen MR) is 86.4 cm³/mol. The molecule has 3 rings (SSSR count). The van der Waals surface area contributed by atoms with Crippen LogP contribution in [0.4, 0.5) is 11.4 Å². The van der Waals surface area contributed by atoms with Gasteiger partial charge >= 0.3 is 0 Å². The monoisotopic (exact) mass is 326 g/mol. The number of anilines is 1. The smallest absolute Gasteiger partial charge is 0.269 e. The van der Waals surface area contributed by atoms with Crippen LogP contribution in [0.1, 0.15) is 28.8 Å². The van der Waals surface area contributed by atoms with Crippen molar-refractivity contribution in [2.75, 3.05) is 11.9 Å². The molecule has 0 aliphatic carbocycles. The fraction of sp³-hybridized carbons (Fsp3) is 0.176. The first-order valence-corrected chi connectivity index (χ1v) is 7.31. The molecule has 1 heterocycles. The third-order valence-corrected chi connectivity index (χ3v) is 3.91. The van der Waals surface area contributed by atoms with Gasteiger partial charge in [-0.15, -0.1) is 0 Å². The summed E-state index contributed by atoms with van der Waals surface area (Å²) in [5, 5.41) is 13.3. The summed E-state index contributed by atoms with van der Waals surface area (Å²) in [6.07, 6.45) is 0. The van der Waals surface area contributed by atoms with Crippen LogP contribution < -0.4 is 10.1 Å². The Hall–Kier alpha value is -3.22. The molecule has 1 amide bonds. The summed E-state index contributed by atoms with van der Waals surface area (Å²) in [5.74, 6) is -0.233. The molecule has 0 fully saturated rings. The van der Waals surface area contributed by atoms with E-state index in [9.17, 15) is 19.7 Å². The average Bonchev–Trinajstić information content (AvgIpc) is 2.87. The van der Waals surface area contributed by atoms with E-state index in [2.05, 4.69) is 5.32 Å². The van der Waals surface area contributed by atoms with Gasteiger partial charge in [-0.3, -0.25) is 19.7 Å². The molecule has 2 aromatic carbocycles. The van der Waals surface area contributed by atoms with Crippen molar-refractivity contribution in [2.24, 2.45) is 0 Å². The van der Waals surface area contributed by atoms with E-state index in [1.54, 1.807) is 25.1 Å².